The lowest BCUT2D eigenvalue weighted by atomic mass is 10.2. The average Bonchev–Trinajstić information content (AvgIpc) is 2.45. The maximum Gasteiger partial charge on any atom is 0.127 e. The third-order valence-corrected chi connectivity index (χ3v) is 3.14. The number of aromatic nitrogens is 1. The van der Waals surface area contributed by atoms with E-state index in [0.717, 1.165) is 27.4 Å². The molecule has 1 N–H and O–H groups in total. The van der Waals surface area contributed by atoms with Gasteiger partial charge in [-0.25, -0.2) is 4.98 Å². The summed E-state index contributed by atoms with van der Waals surface area (Å²) in [5.74, 6) is 1.59. The molecule has 2 rings (SSSR count). The van der Waals surface area contributed by atoms with Gasteiger partial charge in [0.1, 0.15) is 16.1 Å². The highest BCUT2D eigenvalue weighted by Gasteiger charge is 2.05. The molecule has 0 bridgehead atoms. The lowest BCUT2D eigenvalue weighted by Crippen LogP contribution is -2.02. The SMILES string of the molecule is COc1ccc(CNc2ccnc(Br)c2)c(OC)c1. The van der Waals surface area contributed by atoms with E-state index >= 15 is 0 Å². The zero-order valence-corrected chi connectivity index (χ0v) is 12.4. The molecule has 2 aromatic rings. The van der Waals surface area contributed by atoms with Gasteiger partial charge in [-0.1, -0.05) is 0 Å². The highest BCUT2D eigenvalue weighted by molar-refractivity contribution is 9.10. The van der Waals surface area contributed by atoms with Gasteiger partial charge in [0.05, 0.1) is 14.2 Å². The molecule has 0 saturated carbocycles. The van der Waals surface area contributed by atoms with Crippen molar-refractivity contribution >= 4 is 21.6 Å². The third-order valence-electron chi connectivity index (χ3n) is 2.70. The van der Waals surface area contributed by atoms with E-state index < -0.39 is 0 Å². The van der Waals surface area contributed by atoms with E-state index in [0.29, 0.717) is 6.54 Å². The van der Waals surface area contributed by atoms with E-state index in [2.05, 4.69) is 26.2 Å². The first-order valence-corrected chi connectivity index (χ1v) is 6.58. The maximum atomic E-state index is 5.36. The summed E-state index contributed by atoms with van der Waals surface area (Å²) in [5, 5.41) is 3.32. The maximum absolute atomic E-state index is 5.36. The number of methoxy groups -OCH3 is 2. The van der Waals surface area contributed by atoms with Crippen molar-refractivity contribution in [3.05, 3.63) is 46.7 Å². The molecule has 1 heterocycles. The number of nitrogens with one attached hydrogen (secondary N) is 1. The molecule has 19 heavy (non-hydrogen) atoms. The summed E-state index contributed by atoms with van der Waals surface area (Å²) >= 11 is 3.34. The van der Waals surface area contributed by atoms with E-state index in [1.807, 2.05) is 30.3 Å². The second-order valence-corrected chi connectivity index (χ2v) is 4.71. The first-order valence-electron chi connectivity index (χ1n) is 5.79. The summed E-state index contributed by atoms with van der Waals surface area (Å²) in [6.07, 6.45) is 1.75. The molecule has 0 unspecified atom stereocenters. The van der Waals surface area contributed by atoms with Crippen LogP contribution in [-0.2, 0) is 6.54 Å². The fourth-order valence-corrected chi connectivity index (χ4v) is 2.07. The Morgan fingerprint density at radius 1 is 1.16 bits per heavy atom. The van der Waals surface area contributed by atoms with Crippen LogP contribution in [0.4, 0.5) is 5.69 Å². The molecule has 0 aliphatic rings. The van der Waals surface area contributed by atoms with Crippen molar-refractivity contribution in [1.82, 2.24) is 4.98 Å². The summed E-state index contributed by atoms with van der Waals surface area (Å²) in [5.41, 5.74) is 2.07. The molecule has 5 heteroatoms. The van der Waals surface area contributed by atoms with Gasteiger partial charge in [-0.15, -0.1) is 0 Å². The second-order valence-electron chi connectivity index (χ2n) is 3.90. The zero-order chi connectivity index (χ0) is 13.7. The molecule has 0 fully saturated rings. The lowest BCUT2D eigenvalue weighted by Gasteiger charge is -2.12. The Bertz CT molecular complexity index is 561. The summed E-state index contributed by atoms with van der Waals surface area (Å²) in [7, 11) is 3.29. The Kier molecular flexibility index (Phi) is 4.63. The molecule has 0 radical (unpaired) electrons. The van der Waals surface area contributed by atoms with Crippen LogP contribution in [0.2, 0.25) is 0 Å². The number of anilines is 1. The summed E-state index contributed by atoms with van der Waals surface area (Å²) < 4.78 is 11.3. The molecule has 4 nitrogen and oxygen atoms in total. The van der Waals surface area contributed by atoms with Crippen molar-refractivity contribution in [2.45, 2.75) is 6.54 Å². The minimum absolute atomic E-state index is 0.670. The quantitative estimate of drug-likeness (QED) is 0.856. The standard InChI is InChI=1S/C14H15BrN2O2/c1-18-12-4-3-10(13(8-12)19-2)9-17-11-5-6-16-14(15)7-11/h3-8H,9H2,1-2H3,(H,16,17). The van der Waals surface area contributed by atoms with Crippen molar-refractivity contribution in [3.63, 3.8) is 0 Å². The number of benzene rings is 1. The number of halogens is 1. The van der Waals surface area contributed by atoms with Crippen LogP contribution in [0.15, 0.2) is 41.1 Å². The Balaban J connectivity index is 2.11. The summed E-state index contributed by atoms with van der Waals surface area (Å²) in [6.45, 7) is 0.670. The minimum Gasteiger partial charge on any atom is -0.497 e. The average molecular weight is 323 g/mol. The van der Waals surface area contributed by atoms with Crippen molar-refractivity contribution in [2.75, 3.05) is 19.5 Å². The van der Waals surface area contributed by atoms with Gasteiger partial charge in [-0.3, -0.25) is 0 Å². The van der Waals surface area contributed by atoms with Crippen LogP contribution in [0.25, 0.3) is 0 Å². The Labute approximate surface area is 120 Å². The second kappa shape index (κ2) is 6.43. The highest BCUT2D eigenvalue weighted by Crippen LogP contribution is 2.25. The number of pyridine rings is 1. The molecule has 0 atom stereocenters. The molecule has 1 aromatic heterocycles. The van der Waals surface area contributed by atoms with Crippen molar-refractivity contribution in [3.8, 4) is 11.5 Å². The van der Waals surface area contributed by atoms with Crippen molar-refractivity contribution < 1.29 is 9.47 Å². The van der Waals surface area contributed by atoms with Gasteiger partial charge in [-0.2, -0.15) is 0 Å². The molecule has 0 spiro atoms. The molecule has 0 saturated heterocycles. The van der Waals surface area contributed by atoms with Gasteiger partial charge in [0.25, 0.3) is 0 Å². The van der Waals surface area contributed by atoms with Gasteiger partial charge in [0, 0.05) is 30.1 Å². The van der Waals surface area contributed by atoms with Crippen LogP contribution in [-0.4, -0.2) is 19.2 Å². The van der Waals surface area contributed by atoms with Gasteiger partial charge in [-0.05, 0) is 40.2 Å². The normalized spacial score (nSPS) is 10.1. The first-order chi connectivity index (χ1) is 9.22. The number of rotatable bonds is 5. The van der Waals surface area contributed by atoms with Gasteiger partial charge < -0.3 is 14.8 Å². The predicted octanol–water partition coefficient (Wildman–Crippen LogP) is 3.47. The molecular weight excluding hydrogens is 308 g/mol. The zero-order valence-electron chi connectivity index (χ0n) is 10.8. The van der Waals surface area contributed by atoms with Gasteiger partial charge >= 0.3 is 0 Å². The van der Waals surface area contributed by atoms with Crippen LogP contribution in [0, 0.1) is 0 Å². The van der Waals surface area contributed by atoms with Gasteiger partial charge in [0.15, 0.2) is 0 Å². The molecular formula is C14H15BrN2O2. The number of nitrogens with zero attached hydrogens (tertiary/aromatic N) is 1. The molecule has 100 valence electrons. The number of hydrogen-bond donors (Lipinski definition) is 1. The molecule has 0 amide bonds. The van der Waals surface area contributed by atoms with Crippen LogP contribution in [0.1, 0.15) is 5.56 Å². The fourth-order valence-electron chi connectivity index (χ4n) is 1.71. The third kappa shape index (κ3) is 3.61. The minimum atomic E-state index is 0.670. The Hall–Kier alpha value is -1.75. The fraction of sp³-hybridized carbons (Fsp3) is 0.214. The topological polar surface area (TPSA) is 43.4 Å². The van der Waals surface area contributed by atoms with E-state index in [-0.39, 0.29) is 0 Å². The lowest BCUT2D eigenvalue weighted by molar-refractivity contribution is 0.391. The van der Waals surface area contributed by atoms with Crippen LogP contribution < -0.4 is 14.8 Å². The monoisotopic (exact) mass is 322 g/mol. The van der Waals surface area contributed by atoms with Crippen molar-refractivity contribution in [1.29, 1.82) is 0 Å². The molecule has 1 aromatic carbocycles. The number of ether oxygens (including phenoxy) is 2. The van der Waals surface area contributed by atoms with Crippen LogP contribution in [0.3, 0.4) is 0 Å². The van der Waals surface area contributed by atoms with Crippen LogP contribution in [0.5, 0.6) is 11.5 Å². The van der Waals surface area contributed by atoms with Gasteiger partial charge in [0.2, 0.25) is 0 Å². The highest BCUT2D eigenvalue weighted by atomic mass is 79.9. The van der Waals surface area contributed by atoms with E-state index in [1.165, 1.54) is 0 Å². The predicted molar refractivity (Wildman–Crippen MR) is 78.8 cm³/mol. The summed E-state index contributed by atoms with van der Waals surface area (Å²) in [4.78, 5) is 4.09. The molecule has 0 aliphatic carbocycles. The summed E-state index contributed by atoms with van der Waals surface area (Å²) in [6, 6.07) is 9.62. The van der Waals surface area contributed by atoms with E-state index in [4.69, 9.17) is 9.47 Å². The Morgan fingerprint density at radius 2 is 2.00 bits per heavy atom. The Morgan fingerprint density at radius 3 is 2.68 bits per heavy atom. The van der Waals surface area contributed by atoms with Crippen molar-refractivity contribution in [2.24, 2.45) is 0 Å². The van der Waals surface area contributed by atoms with E-state index in [9.17, 15) is 0 Å². The number of hydrogen-bond acceptors (Lipinski definition) is 4. The first kappa shape index (κ1) is 13.7. The molecule has 0 aliphatic heterocycles. The van der Waals surface area contributed by atoms with Crippen LogP contribution >= 0.6 is 15.9 Å². The largest absolute Gasteiger partial charge is 0.497 e. The van der Waals surface area contributed by atoms with E-state index in [1.54, 1.807) is 20.4 Å². The smallest absolute Gasteiger partial charge is 0.127 e.